The van der Waals surface area contributed by atoms with Crippen LogP contribution in [0.1, 0.15) is 23.9 Å². The van der Waals surface area contributed by atoms with E-state index < -0.39 is 0 Å². The first kappa shape index (κ1) is 17.2. The van der Waals surface area contributed by atoms with Crippen molar-refractivity contribution in [1.82, 2.24) is 19.5 Å². The number of aromatic nitrogens is 4. The first-order valence-corrected chi connectivity index (χ1v) is 9.25. The van der Waals surface area contributed by atoms with Gasteiger partial charge in [-0.1, -0.05) is 67.6 Å². The third-order valence-electron chi connectivity index (χ3n) is 4.64. The van der Waals surface area contributed by atoms with Gasteiger partial charge in [0.25, 0.3) is 0 Å². The summed E-state index contributed by atoms with van der Waals surface area (Å²) in [4.78, 5) is 16.4. The molecule has 0 bridgehead atoms. The molecule has 136 valence electrons. The van der Waals surface area contributed by atoms with Gasteiger partial charge in [-0.2, -0.15) is 0 Å². The maximum Gasteiger partial charge on any atom is 0.165 e. The second-order valence-electron chi connectivity index (χ2n) is 6.67. The Morgan fingerprint density at radius 3 is 2.00 bits per heavy atom. The molecule has 2 heterocycles. The van der Waals surface area contributed by atoms with Crippen molar-refractivity contribution in [3.63, 3.8) is 0 Å². The number of benzene rings is 2. The smallest absolute Gasteiger partial charge is 0.165 e. The predicted octanol–water partition coefficient (Wildman–Crippen LogP) is 4.13. The van der Waals surface area contributed by atoms with Crippen molar-refractivity contribution in [3.05, 3.63) is 83.9 Å². The van der Waals surface area contributed by atoms with Gasteiger partial charge in [0, 0.05) is 26.6 Å². The Morgan fingerprint density at radius 2 is 1.44 bits per heavy atom. The fraction of sp³-hybridized carbons (Fsp3) is 0.227. The summed E-state index contributed by atoms with van der Waals surface area (Å²) < 4.78 is 1.96. The molecule has 5 nitrogen and oxygen atoms in total. The van der Waals surface area contributed by atoms with Gasteiger partial charge >= 0.3 is 0 Å². The largest absolute Gasteiger partial charge is 0.346 e. The normalized spacial score (nSPS) is 11.0. The lowest BCUT2D eigenvalue weighted by molar-refractivity contribution is 0.775. The van der Waals surface area contributed by atoms with E-state index in [1.165, 1.54) is 11.1 Å². The number of nitrogens with zero attached hydrogens (tertiary/aromatic N) is 5. The molecule has 5 heteroatoms. The summed E-state index contributed by atoms with van der Waals surface area (Å²) in [6.07, 6.45) is 2.60. The minimum absolute atomic E-state index is 0.765. The Morgan fingerprint density at radius 1 is 0.852 bits per heavy atom. The molecule has 0 unspecified atom stereocenters. The van der Waals surface area contributed by atoms with Gasteiger partial charge < -0.3 is 9.47 Å². The molecule has 0 aliphatic carbocycles. The minimum Gasteiger partial charge on any atom is -0.346 e. The third kappa shape index (κ3) is 3.67. The molecule has 0 spiro atoms. The molecule has 0 amide bonds. The average Bonchev–Trinajstić information content (AvgIpc) is 3.09. The van der Waals surface area contributed by atoms with E-state index in [9.17, 15) is 0 Å². The molecule has 4 rings (SSSR count). The van der Waals surface area contributed by atoms with Crippen molar-refractivity contribution in [1.29, 1.82) is 0 Å². The van der Waals surface area contributed by atoms with Crippen LogP contribution in [0, 0.1) is 0 Å². The van der Waals surface area contributed by atoms with Crippen LogP contribution in [0.25, 0.3) is 11.2 Å². The highest BCUT2D eigenvalue weighted by Gasteiger charge is 2.18. The van der Waals surface area contributed by atoms with E-state index in [2.05, 4.69) is 70.3 Å². The second kappa shape index (κ2) is 7.58. The van der Waals surface area contributed by atoms with E-state index in [4.69, 9.17) is 4.98 Å². The molecule has 0 saturated carbocycles. The lowest BCUT2D eigenvalue weighted by Crippen LogP contribution is -2.24. The highest BCUT2D eigenvalue weighted by molar-refractivity contribution is 5.83. The summed E-state index contributed by atoms with van der Waals surface area (Å²) in [5.41, 5.74) is 4.22. The Balaban J connectivity index is 1.81. The maximum atomic E-state index is 4.86. The second-order valence-corrected chi connectivity index (χ2v) is 6.67. The summed E-state index contributed by atoms with van der Waals surface area (Å²) in [7, 11) is 1.98. The van der Waals surface area contributed by atoms with Crippen LogP contribution < -0.4 is 4.90 Å². The van der Waals surface area contributed by atoms with Crippen LogP contribution >= 0.6 is 0 Å². The molecule has 2 aromatic carbocycles. The number of imidazole rings is 1. The first-order valence-electron chi connectivity index (χ1n) is 9.25. The van der Waals surface area contributed by atoms with E-state index in [0.717, 1.165) is 42.3 Å². The maximum absolute atomic E-state index is 4.86. The minimum atomic E-state index is 0.765. The fourth-order valence-electron chi connectivity index (χ4n) is 3.23. The summed E-state index contributed by atoms with van der Waals surface area (Å²) >= 11 is 0. The Kier molecular flexibility index (Phi) is 4.83. The molecule has 2 aromatic heterocycles. The van der Waals surface area contributed by atoms with E-state index in [1.807, 2.05) is 30.1 Å². The van der Waals surface area contributed by atoms with Crippen LogP contribution in [0.4, 0.5) is 5.82 Å². The van der Waals surface area contributed by atoms with Gasteiger partial charge in [0.2, 0.25) is 0 Å². The molecule has 0 N–H and O–H groups in total. The zero-order valence-electron chi connectivity index (χ0n) is 15.7. The quantitative estimate of drug-likeness (QED) is 0.520. The Labute approximate surface area is 159 Å². The Bertz CT molecular complexity index is 983. The molecule has 0 radical (unpaired) electrons. The number of fused-ring (bicyclic) bond motifs is 1. The van der Waals surface area contributed by atoms with Gasteiger partial charge in [-0.25, -0.2) is 15.0 Å². The molecule has 0 aliphatic rings. The number of aryl methyl sites for hydroxylation is 2. The molecule has 4 aromatic rings. The van der Waals surface area contributed by atoms with Crippen LogP contribution in [0.3, 0.4) is 0 Å². The van der Waals surface area contributed by atoms with Crippen molar-refractivity contribution < 1.29 is 0 Å². The van der Waals surface area contributed by atoms with Crippen molar-refractivity contribution in [2.75, 3.05) is 4.90 Å². The molecular formula is C22H23N5. The highest BCUT2D eigenvalue weighted by Crippen LogP contribution is 2.26. The van der Waals surface area contributed by atoms with Crippen LogP contribution in [0.2, 0.25) is 0 Å². The standard InChI is InChI=1S/C22H23N5/c1-3-19-24-21-20(23-16-26(21)2)22(25-19)27(14-17-10-6-4-7-11-17)15-18-12-8-5-9-13-18/h4-13,16H,3,14-15H2,1-2H3. The summed E-state index contributed by atoms with van der Waals surface area (Å²) in [6, 6.07) is 21.0. The summed E-state index contributed by atoms with van der Waals surface area (Å²) in [5, 5.41) is 0. The van der Waals surface area contributed by atoms with Gasteiger partial charge in [0.05, 0.1) is 6.33 Å². The lowest BCUT2D eigenvalue weighted by atomic mass is 10.1. The first-order chi connectivity index (χ1) is 13.2. The van der Waals surface area contributed by atoms with E-state index in [0.29, 0.717) is 0 Å². The van der Waals surface area contributed by atoms with Gasteiger partial charge in [0.15, 0.2) is 17.0 Å². The number of hydrogen-bond donors (Lipinski definition) is 0. The summed E-state index contributed by atoms with van der Waals surface area (Å²) in [5.74, 6) is 1.73. The molecular weight excluding hydrogens is 334 g/mol. The zero-order valence-corrected chi connectivity index (χ0v) is 15.7. The van der Waals surface area contributed by atoms with Gasteiger partial charge in [0.1, 0.15) is 5.82 Å². The fourth-order valence-corrected chi connectivity index (χ4v) is 3.23. The molecule has 0 atom stereocenters. The summed E-state index contributed by atoms with van der Waals surface area (Å²) in [6.45, 7) is 3.61. The van der Waals surface area contributed by atoms with Crippen LogP contribution in [0.15, 0.2) is 67.0 Å². The van der Waals surface area contributed by atoms with E-state index in [-0.39, 0.29) is 0 Å². The third-order valence-corrected chi connectivity index (χ3v) is 4.64. The lowest BCUT2D eigenvalue weighted by Gasteiger charge is -2.25. The van der Waals surface area contributed by atoms with Gasteiger partial charge in [-0.05, 0) is 11.1 Å². The van der Waals surface area contributed by atoms with Crippen LogP contribution in [-0.2, 0) is 26.6 Å². The van der Waals surface area contributed by atoms with Crippen molar-refractivity contribution in [3.8, 4) is 0 Å². The van der Waals surface area contributed by atoms with Crippen molar-refractivity contribution >= 4 is 17.0 Å². The molecule has 0 saturated heterocycles. The van der Waals surface area contributed by atoms with E-state index in [1.54, 1.807) is 0 Å². The van der Waals surface area contributed by atoms with Crippen molar-refractivity contribution in [2.45, 2.75) is 26.4 Å². The predicted molar refractivity (Wildman–Crippen MR) is 108 cm³/mol. The number of anilines is 1. The van der Waals surface area contributed by atoms with Crippen LogP contribution in [0.5, 0.6) is 0 Å². The topological polar surface area (TPSA) is 46.8 Å². The van der Waals surface area contributed by atoms with Crippen molar-refractivity contribution in [2.24, 2.45) is 7.05 Å². The number of rotatable bonds is 6. The number of hydrogen-bond acceptors (Lipinski definition) is 4. The van der Waals surface area contributed by atoms with Gasteiger partial charge in [-0.15, -0.1) is 0 Å². The molecule has 0 aliphatic heterocycles. The Hall–Kier alpha value is -3.21. The monoisotopic (exact) mass is 357 g/mol. The highest BCUT2D eigenvalue weighted by atomic mass is 15.2. The van der Waals surface area contributed by atoms with Crippen LogP contribution in [-0.4, -0.2) is 19.5 Å². The SMILES string of the molecule is CCc1nc(N(Cc2ccccc2)Cc2ccccc2)c2ncn(C)c2n1. The molecule has 0 fully saturated rings. The van der Waals surface area contributed by atoms with E-state index >= 15 is 0 Å². The average molecular weight is 357 g/mol. The molecule has 27 heavy (non-hydrogen) atoms. The zero-order chi connectivity index (χ0) is 18.6. The van der Waals surface area contributed by atoms with Gasteiger partial charge in [-0.3, -0.25) is 0 Å².